The Balaban J connectivity index is 2.05. The minimum Gasteiger partial charge on any atom is -0.437 e. The molecule has 11 heteroatoms. The fourth-order valence-corrected chi connectivity index (χ4v) is 3.45. The quantitative estimate of drug-likeness (QED) is 0.466. The number of hydrogen-bond donors (Lipinski definition) is 1. The van der Waals surface area contributed by atoms with Crippen molar-refractivity contribution >= 4 is 43.2 Å². The lowest BCUT2D eigenvalue weighted by molar-refractivity contribution is -0.0915. The zero-order chi connectivity index (χ0) is 20.6. The lowest BCUT2D eigenvalue weighted by atomic mass is 9.93. The maximum Gasteiger partial charge on any atom is 0.272 e. The summed E-state index contributed by atoms with van der Waals surface area (Å²) in [5, 5.41) is 11.7. The van der Waals surface area contributed by atoms with E-state index < -0.39 is 38.9 Å². The van der Waals surface area contributed by atoms with Crippen LogP contribution in [0.1, 0.15) is 13.2 Å². The Morgan fingerprint density at radius 2 is 2.31 bits per heavy atom. The van der Waals surface area contributed by atoms with E-state index in [-0.39, 0.29) is 17.4 Å². The largest absolute Gasteiger partial charge is 0.437 e. The van der Waals surface area contributed by atoms with E-state index in [4.69, 9.17) is 34.9 Å². The van der Waals surface area contributed by atoms with Crippen LogP contribution < -0.4 is 0 Å². The van der Waals surface area contributed by atoms with Crippen LogP contribution >= 0.6 is 11.6 Å². The van der Waals surface area contributed by atoms with Crippen LogP contribution in [-0.2, 0) is 14.0 Å². The summed E-state index contributed by atoms with van der Waals surface area (Å²) >= 11 is 6.14. The van der Waals surface area contributed by atoms with E-state index in [0.29, 0.717) is 11.0 Å². The normalized spacial score (nSPS) is 29.3. The minimum atomic E-state index is -1.57. The molecule has 26 heavy (non-hydrogen) atoms. The molecular weight excluding hydrogens is 357 g/mol. The number of aromatic nitrogens is 3. The van der Waals surface area contributed by atoms with Gasteiger partial charge in [-0.1, -0.05) is 25.2 Å². The van der Waals surface area contributed by atoms with Crippen LogP contribution in [0.15, 0.2) is 12.5 Å². The summed E-state index contributed by atoms with van der Waals surface area (Å²) in [4.78, 5) is 11.6. The number of ether oxygens (including phenoxy) is 1. The van der Waals surface area contributed by atoms with Crippen LogP contribution in [-0.4, -0.2) is 61.6 Å². The van der Waals surface area contributed by atoms with Gasteiger partial charge in [-0.2, -0.15) is 0 Å². The van der Waals surface area contributed by atoms with Crippen LogP contribution in [0, 0.1) is 6.57 Å². The van der Waals surface area contributed by atoms with Crippen molar-refractivity contribution in [2.24, 2.45) is 0 Å². The van der Waals surface area contributed by atoms with Gasteiger partial charge in [-0.15, -0.1) is 0 Å². The molecule has 0 bridgehead atoms. The zero-order valence-electron chi connectivity index (χ0n) is 16.6. The predicted octanol–water partition coefficient (Wildman–Crippen LogP) is 1.48. The van der Waals surface area contributed by atoms with Gasteiger partial charge in [0.15, 0.2) is 6.23 Å². The Morgan fingerprint density at radius 3 is 2.96 bits per heavy atom. The van der Waals surface area contributed by atoms with Crippen molar-refractivity contribution in [2.45, 2.75) is 44.6 Å². The standard InChI is InChI=1S/C15H19B2ClN4O4/c1-15(23)11(26-17-3)9(6-24-16-2)25-14(15)22-5-8(19-4)10-12(18)20-7-21-13(10)22/h5,7,9,11,14,16-17,23H,6H2,1-3H3/t9-,11-,14-,15?/m1/s1/i16D,17D. The third-order valence-corrected chi connectivity index (χ3v) is 4.63. The van der Waals surface area contributed by atoms with Crippen LogP contribution in [0.5, 0.6) is 0 Å². The maximum atomic E-state index is 11.3. The van der Waals surface area contributed by atoms with E-state index in [2.05, 4.69) is 14.8 Å². The molecule has 1 N–H and O–H groups in total. The van der Waals surface area contributed by atoms with Crippen molar-refractivity contribution in [2.75, 3.05) is 6.61 Å². The highest BCUT2D eigenvalue weighted by molar-refractivity contribution is 6.35. The summed E-state index contributed by atoms with van der Waals surface area (Å²) in [6.45, 7) is 12.0. The molecule has 1 unspecified atom stereocenters. The summed E-state index contributed by atoms with van der Waals surface area (Å²) in [5.41, 5.74) is -1.01. The van der Waals surface area contributed by atoms with Gasteiger partial charge in [0.05, 0.1) is 18.6 Å². The molecule has 136 valence electrons. The van der Waals surface area contributed by atoms with Gasteiger partial charge in [0.25, 0.3) is 14.9 Å². The van der Waals surface area contributed by atoms with Gasteiger partial charge in [0, 0.05) is 8.87 Å². The number of nitrogens with zero attached hydrogens (tertiary/aromatic N) is 4. The van der Waals surface area contributed by atoms with Gasteiger partial charge >= 0.3 is 0 Å². The van der Waals surface area contributed by atoms with E-state index in [0.717, 1.165) is 0 Å². The monoisotopic (exact) mass is 378 g/mol. The van der Waals surface area contributed by atoms with Crippen LogP contribution in [0.4, 0.5) is 5.69 Å². The molecule has 8 nitrogen and oxygen atoms in total. The van der Waals surface area contributed by atoms with Gasteiger partial charge in [-0.25, -0.2) is 14.8 Å². The Morgan fingerprint density at radius 1 is 1.54 bits per heavy atom. The first-order valence-electron chi connectivity index (χ1n) is 9.20. The molecule has 0 amide bonds. The highest BCUT2D eigenvalue weighted by atomic mass is 35.5. The Bertz CT molecular complexity index is 908. The first-order chi connectivity index (χ1) is 13.2. The van der Waals surface area contributed by atoms with Gasteiger partial charge in [0.1, 0.15) is 34.9 Å². The molecule has 1 aliphatic rings. The fourth-order valence-electron chi connectivity index (χ4n) is 3.22. The number of aliphatic hydroxyl groups is 1. The number of hydrogen-bond acceptors (Lipinski definition) is 6. The molecule has 2 aromatic rings. The van der Waals surface area contributed by atoms with Gasteiger partial charge in [0.2, 0.25) is 5.69 Å². The molecular formula is C15H19B2ClN4O4. The first kappa shape index (κ1) is 16.5. The van der Waals surface area contributed by atoms with Crippen molar-refractivity contribution in [1.82, 2.24) is 14.5 Å². The molecule has 0 radical (unpaired) electrons. The van der Waals surface area contributed by atoms with E-state index in [1.165, 1.54) is 30.8 Å². The highest BCUT2D eigenvalue weighted by Crippen LogP contribution is 2.43. The van der Waals surface area contributed by atoms with Crippen LogP contribution in [0.2, 0.25) is 18.8 Å². The molecule has 0 aliphatic carbocycles. The second-order valence-corrected chi connectivity index (χ2v) is 6.37. The zero-order valence-corrected chi connectivity index (χ0v) is 15.3. The average molecular weight is 378 g/mol. The Kier molecular flexibility index (Phi) is 4.80. The lowest BCUT2D eigenvalue weighted by Crippen LogP contribution is -2.46. The minimum absolute atomic E-state index is 0.000673. The maximum absolute atomic E-state index is 11.3. The Hall–Kier alpha value is -1.63. The molecule has 4 atom stereocenters. The molecule has 0 saturated carbocycles. The van der Waals surface area contributed by atoms with Crippen molar-refractivity contribution in [3.8, 4) is 0 Å². The smallest absolute Gasteiger partial charge is 0.272 e. The summed E-state index contributed by atoms with van der Waals surface area (Å²) in [6, 6.07) is 0. The van der Waals surface area contributed by atoms with E-state index in [1.807, 2.05) is 0 Å². The molecule has 1 aliphatic heterocycles. The van der Waals surface area contributed by atoms with Gasteiger partial charge in [-0.3, -0.25) is 0 Å². The molecule has 0 spiro atoms. The number of fused-ring (bicyclic) bond motifs is 1. The molecule has 1 fully saturated rings. The van der Waals surface area contributed by atoms with Gasteiger partial charge < -0.3 is 23.7 Å². The van der Waals surface area contributed by atoms with Crippen LogP contribution in [0.3, 0.4) is 0 Å². The van der Waals surface area contributed by atoms with Gasteiger partial charge in [-0.05, 0) is 6.92 Å². The highest BCUT2D eigenvalue weighted by Gasteiger charge is 2.54. The molecule has 0 aromatic carbocycles. The second-order valence-electron chi connectivity index (χ2n) is 6.01. The number of rotatable bonds is 6. The van der Waals surface area contributed by atoms with E-state index in [1.54, 1.807) is 6.82 Å². The SMILES string of the molecule is [2H]B(C)OC[C@H]1O[C@@H](n2cc([N+]#[C-])c3c(Cl)ncnc32)C(C)(O)[C@@H]1OB([2H])C. The predicted molar refractivity (Wildman–Crippen MR) is 100 cm³/mol. The van der Waals surface area contributed by atoms with Crippen LogP contribution in [0.25, 0.3) is 15.9 Å². The molecule has 1 saturated heterocycles. The molecule has 3 heterocycles. The molecule has 3 rings (SSSR count). The van der Waals surface area contributed by atoms with Crippen molar-refractivity contribution in [3.05, 3.63) is 29.1 Å². The second kappa shape index (κ2) is 7.54. The summed E-state index contributed by atoms with van der Waals surface area (Å²) in [6.07, 6.45) is 0.159. The van der Waals surface area contributed by atoms with E-state index in [9.17, 15) is 5.11 Å². The fraction of sp³-hybridized carbons (Fsp3) is 0.533. The lowest BCUT2D eigenvalue weighted by Gasteiger charge is -2.30. The Labute approximate surface area is 160 Å². The third-order valence-electron chi connectivity index (χ3n) is 4.34. The summed E-state index contributed by atoms with van der Waals surface area (Å²) in [7, 11) is -1.69. The van der Waals surface area contributed by atoms with Crippen molar-refractivity contribution in [1.29, 1.82) is 2.67 Å². The topological polar surface area (TPSA) is 83.0 Å². The van der Waals surface area contributed by atoms with Crippen molar-refractivity contribution in [3.63, 3.8) is 0 Å². The average Bonchev–Trinajstić information content (AvgIpc) is 3.09. The third kappa shape index (κ3) is 3.10. The number of halogens is 1. The summed E-state index contributed by atoms with van der Waals surface area (Å²) < 4.78 is 33.8. The first-order valence-corrected chi connectivity index (χ1v) is 8.42. The summed E-state index contributed by atoms with van der Waals surface area (Å²) in [5.74, 6) is 0. The van der Waals surface area contributed by atoms with E-state index >= 15 is 0 Å². The van der Waals surface area contributed by atoms with Crippen molar-refractivity contribution < 1.29 is 19.2 Å². The molecule has 2 aromatic heterocycles.